The number of carbonyl (C=O) groups is 1. The molecule has 1 N–H and O–H groups in total. The van der Waals surface area contributed by atoms with Gasteiger partial charge in [0, 0.05) is 19.8 Å². The molecule has 0 aromatic heterocycles. The van der Waals surface area contributed by atoms with Crippen LogP contribution >= 0.6 is 0 Å². The van der Waals surface area contributed by atoms with Gasteiger partial charge in [0.2, 0.25) is 0 Å². The van der Waals surface area contributed by atoms with E-state index in [9.17, 15) is 4.79 Å². The molecule has 0 heterocycles. The zero-order valence-electron chi connectivity index (χ0n) is 13.6. The van der Waals surface area contributed by atoms with E-state index in [1.807, 2.05) is 0 Å². The molecule has 4 nitrogen and oxygen atoms in total. The van der Waals surface area contributed by atoms with Crippen molar-refractivity contribution in [3.63, 3.8) is 0 Å². The summed E-state index contributed by atoms with van der Waals surface area (Å²) in [5.74, 6) is -0.176. The highest BCUT2D eigenvalue weighted by molar-refractivity contribution is 5.70. The van der Waals surface area contributed by atoms with Crippen molar-refractivity contribution in [3.05, 3.63) is 34.9 Å². The van der Waals surface area contributed by atoms with Gasteiger partial charge >= 0.3 is 5.97 Å². The summed E-state index contributed by atoms with van der Waals surface area (Å²) >= 11 is 0. The number of hydrogen-bond acceptors (Lipinski definition) is 4. The van der Waals surface area contributed by atoms with Crippen molar-refractivity contribution in [2.45, 2.75) is 39.2 Å². The molecule has 1 unspecified atom stereocenters. The number of benzene rings is 1. The van der Waals surface area contributed by atoms with Crippen LogP contribution in [-0.4, -0.2) is 39.4 Å². The van der Waals surface area contributed by atoms with Crippen LogP contribution in [0.3, 0.4) is 0 Å². The summed E-state index contributed by atoms with van der Waals surface area (Å²) in [7, 11) is 3.13. The predicted molar refractivity (Wildman–Crippen MR) is 84.5 cm³/mol. The fraction of sp³-hybridized carbons (Fsp3) is 0.588. The van der Waals surface area contributed by atoms with Crippen LogP contribution in [-0.2, 0) is 20.7 Å². The van der Waals surface area contributed by atoms with Crippen molar-refractivity contribution < 1.29 is 14.3 Å². The Bertz CT molecular complexity index is 446. The van der Waals surface area contributed by atoms with E-state index in [4.69, 9.17) is 9.47 Å². The van der Waals surface area contributed by atoms with Crippen LogP contribution in [0.15, 0.2) is 18.2 Å². The zero-order valence-corrected chi connectivity index (χ0v) is 13.6. The lowest BCUT2D eigenvalue weighted by atomic mass is 9.97. The van der Waals surface area contributed by atoms with Gasteiger partial charge in [-0.2, -0.15) is 0 Å². The second-order valence-electron chi connectivity index (χ2n) is 5.41. The van der Waals surface area contributed by atoms with Crippen molar-refractivity contribution in [2.75, 3.05) is 27.4 Å². The van der Waals surface area contributed by atoms with Crippen LogP contribution in [0.4, 0.5) is 0 Å². The van der Waals surface area contributed by atoms with Crippen molar-refractivity contribution in [1.82, 2.24) is 5.32 Å². The van der Waals surface area contributed by atoms with Crippen LogP contribution in [0.25, 0.3) is 0 Å². The Labute approximate surface area is 127 Å². The molecule has 0 aliphatic carbocycles. The van der Waals surface area contributed by atoms with Crippen LogP contribution in [0.2, 0.25) is 0 Å². The summed E-state index contributed by atoms with van der Waals surface area (Å²) in [6, 6.07) is 6.52. The van der Waals surface area contributed by atoms with Crippen LogP contribution in [0.1, 0.15) is 29.5 Å². The maximum absolute atomic E-state index is 11.6. The van der Waals surface area contributed by atoms with E-state index in [1.54, 1.807) is 7.11 Å². The van der Waals surface area contributed by atoms with Gasteiger partial charge in [-0.25, -0.2) is 0 Å². The molecular weight excluding hydrogens is 266 g/mol. The summed E-state index contributed by atoms with van der Waals surface area (Å²) in [6.07, 6.45) is 2.15. The first-order valence-electron chi connectivity index (χ1n) is 7.42. The third-order valence-corrected chi connectivity index (χ3v) is 3.57. The van der Waals surface area contributed by atoms with E-state index >= 15 is 0 Å². The van der Waals surface area contributed by atoms with Gasteiger partial charge in [0.25, 0.3) is 0 Å². The lowest BCUT2D eigenvalue weighted by Gasteiger charge is -2.19. The molecule has 0 spiro atoms. The molecule has 0 bridgehead atoms. The third kappa shape index (κ3) is 6.74. The van der Waals surface area contributed by atoms with Crippen LogP contribution in [0, 0.1) is 13.8 Å². The first-order chi connectivity index (χ1) is 10.1. The standard InChI is InChI=1S/C17H27NO3/c1-13-6-7-14(2)15(10-13)11-16(12-17(19)21-4)18-8-5-9-20-3/h6-7,10,16,18H,5,8-9,11-12H2,1-4H3. The minimum absolute atomic E-state index is 0.0924. The molecule has 0 amide bonds. The minimum Gasteiger partial charge on any atom is -0.469 e. The normalized spacial score (nSPS) is 12.2. The summed E-state index contributed by atoms with van der Waals surface area (Å²) < 4.78 is 9.84. The molecule has 0 fully saturated rings. The summed E-state index contributed by atoms with van der Waals surface area (Å²) in [6.45, 7) is 5.75. The van der Waals surface area contributed by atoms with Crippen molar-refractivity contribution >= 4 is 5.97 Å². The summed E-state index contributed by atoms with van der Waals surface area (Å²) in [5, 5.41) is 3.43. The lowest BCUT2D eigenvalue weighted by molar-refractivity contribution is -0.141. The Hall–Kier alpha value is -1.39. The van der Waals surface area contributed by atoms with Gasteiger partial charge in [-0.3, -0.25) is 4.79 Å². The molecule has 1 rings (SSSR count). The maximum atomic E-state index is 11.6. The van der Waals surface area contributed by atoms with E-state index in [1.165, 1.54) is 23.8 Å². The SMILES string of the molecule is COCCCNC(CC(=O)OC)Cc1cc(C)ccc1C. The minimum atomic E-state index is -0.176. The lowest BCUT2D eigenvalue weighted by Crippen LogP contribution is -2.35. The van der Waals surface area contributed by atoms with Crippen LogP contribution < -0.4 is 5.32 Å². The average Bonchev–Trinajstić information content (AvgIpc) is 2.47. The predicted octanol–water partition coefficient (Wildman–Crippen LogP) is 2.40. The van der Waals surface area contributed by atoms with Gasteiger partial charge in [0.1, 0.15) is 0 Å². The van der Waals surface area contributed by atoms with Crippen molar-refractivity contribution in [2.24, 2.45) is 0 Å². The molecule has 0 aliphatic rings. The van der Waals surface area contributed by atoms with Crippen LogP contribution in [0.5, 0.6) is 0 Å². The Morgan fingerprint density at radius 2 is 2.05 bits per heavy atom. The molecule has 1 aromatic rings. The highest BCUT2D eigenvalue weighted by Crippen LogP contribution is 2.14. The highest BCUT2D eigenvalue weighted by atomic mass is 16.5. The first-order valence-corrected chi connectivity index (χ1v) is 7.42. The van der Waals surface area contributed by atoms with Gasteiger partial charge in [-0.15, -0.1) is 0 Å². The largest absolute Gasteiger partial charge is 0.469 e. The van der Waals surface area contributed by atoms with E-state index in [0.29, 0.717) is 6.42 Å². The molecule has 1 aromatic carbocycles. The van der Waals surface area contributed by atoms with E-state index in [0.717, 1.165) is 26.0 Å². The van der Waals surface area contributed by atoms with Crippen molar-refractivity contribution in [3.8, 4) is 0 Å². The Kier molecular flexibility index (Phi) is 8.01. The second-order valence-corrected chi connectivity index (χ2v) is 5.41. The second kappa shape index (κ2) is 9.53. The molecule has 0 radical (unpaired) electrons. The number of aryl methyl sites for hydroxylation is 2. The highest BCUT2D eigenvalue weighted by Gasteiger charge is 2.15. The number of hydrogen-bond donors (Lipinski definition) is 1. The van der Waals surface area contributed by atoms with Gasteiger partial charge < -0.3 is 14.8 Å². The molecule has 0 saturated carbocycles. The monoisotopic (exact) mass is 293 g/mol. The maximum Gasteiger partial charge on any atom is 0.307 e. The van der Waals surface area contributed by atoms with E-state index in [2.05, 4.69) is 37.4 Å². The number of methoxy groups -OCH3 is 2. The van der Waals surface area contributed by atoms with Gasteiger partial charge in [0.15, 0.2) is 0 Å². The van der Waals surface area contributed by atoms with Gasteiger partial charge in [-0.05, 0) is 44.4 Å². The molecule has 0 aliphatic heterocycles. The number of esters is 1. The Balaban J connectivity index is 2.66. The fourth-order valence-electron chi connectivity index (χ4n) is 2.31. The first kappa shape index (κ1) is 17.7. The molecule has 1 atom stereocenters. The number of rotatable bonds is 9. The molecule has 118 valence electrons. The number of carbonyl (C=O) groups excluding carboxylic acids is 1. The number of nitrogens with one attached hydrogen (secondary N) is 1. The summed E-state index contributed by atoms with van der Waals surface area (Å²) in [5.41, 5.74) is 3.78. The van der Waals surface area contributed by atoms with E-state index in [-0.39, 0.29) is 12.0 Å². The zero-order chi connectivity index (χ0) is 15.7. The van der Waals surface area contributed by atoms with Gasteiger partial charge in [-0.1, -0.05) is 23.8 Å². The molecule has 4 heteroatoms. The van der Waals surface area contributed by atoms with Crippen molar-refractivity contribution in [1.29, 1.82) is 0 Å². The quantitative estimate of drug-likeness (QED) is 0.561. The smallest absolute Gasteiger partial charge is 0.307 e. The number of ether oxygens (including phenoxy) is 2. The fourth-order valence-corrected chi connectivity index (χ4v) is 2.31. The third-order valence-electron chi connectivity index (χ3n) is 3.57. The molecule has 0 saturated heterocycles. The van der Waals surface area contributed by atoms with E-state index < -0.39 is 0 Å². The van der Waals surface area contributed by atoms with Gasteiger partial charge in [0.05, 0.1) is 13.5 Å². The average molecular weight is 293 g/mol. The topological polar surface area (TPSA) is 47.6 Å². The summed E-state index contributed by atoms with van der Waals surface area (Å²) in [4.78, 5) is 11.6. The molecule has 21 heavy (non-hydrogen) atoms. The Morgan fingerprint density at radius 3 is 2.71 bits per heavy atom. The Morgan fingerprint density at radius 1 is 1.29 bits per heavy atom. The molecular formula is C17H27NO3.